The predicted octanol–water partition coefficient (Wildman–Crippen LogP) is 3.32. The van der Waals surface area contributed by atoms with Crippen LogP contribution in [0.4, 0.5) is 0 Å². The third-order valence-electron chi connectivity index (χ3n) is 5.53. The average molecular weight is 420 g/mol. The van der Waals surface area contributed by atoms with Gasteiger partial charge < -0.3 is 11.1 Å². The summed E-state index contributed by atoms with van der Waals surface area (Å²) < 4.78 is 0. The molecule has 1 atom stereocenters. The van der Waals surface area contributed by atoms with Gasteiger partial charge in [0, 0.05) is 36.7 Å². The molecule has 4 nitrogen and oxygen atoms in total. The number of aryl methyl sites for hydroxylation is 1. The zero-order valence-corrected chi connectivity index (χ0v) is 17.9. The first-order valence-electron chi connectivity index (χ1n) is 9.03. The van der Waals surface area contributed by atoms with E-state index >= 15 is 0 Å². The first-order valence-corrected chi connectivity index (χ1v) is 10.2. The van der Waals surface area contributed by atoms with Crippen LogP contribution in [0.25, 0.3) is 0 Å². The fourth-order valence-corrected chi connectivity index (χ4v) is 4.87. The second-order valence-electron chi connectivity index (χ2n) is 7.14. The van der Waals surface area contributed by atoms with Gasteiger partial charge >= 0.3 is 0 Å². The third-order valence-corrected chi connectivity index (χ3v) is 6.47. The number of halogens is 2. The summed E-state index contributed by atoms with van der Waals surface area (Å²) in [6.07, 6.45) is 4.92. The minimum Gasteiger partial charge on any atom is -0.353 e. The molecule has 1 aliphatic carbocycles. The Kier molecular flexibility index (Phi) is 9.76. The molecule has 2 aliphatic rings. The largest absolute Gasteiger partial charge is 0.353 e. The topological polar surface area (TPSA) is 58.4 Å². The minimum absolute atomic E-state index is 0. The smallest absolute Gasteiger partial charge is 0.241 e. The van der Waals surface area contributed by atoms with E-state index in [1.165, 1.54) is 42.8 Å². The molecule has 3 rings (SSSR count). The zero-order chi connectivity index (χ0) is 17.0. The van der Waals surface area contributed by atoms with Crippen molar-refractivity contribution < 1.29 is 4.79 Å². The number of nitrogens with zero attached hydrogens (tertiary/aromatic N) is 1. The Hall–Kier alpha value is -0.460. The van der Waals surface area contributed by atoms with Crippen LogP contribution in [0.15, 0.2) is 24.3 Å². The van der Waals surface area contributed by atoms with Crippen LogP contribution in [0, 0.1) is 6.92 Å². The second kappa shape index (κ2) is 10.8. The van der Waals surface area contributed by atoms with Crippen molar-refractivity contribution >= 4 is 42.5 Å². The molecule has 3 N–H and O–H groups in total. The molecule has 148 valence electrons. The van der Waals surface area contributed by atoms with Crippen molar-refractivity contribution in [2.75, 3.05) is 31.1 Å². The molecule has 0 bridgehead atoms. The highest BCUT2D eigenvalue weighted by Crippen LogP contribution is 2.36. The van der Waals surface area contributed by atoms with E-state index in [0.29, 0.717) is 0 Å². The lowest BCUT2D eigenvalue weighted by atomic mass is 9.94. The van der Waals surface area contributed by atoms with Gasteiger partial charge in [-0.05, 0) is 25.3 Å². The van der Waals surface area contributed by atoms with Crippen LogP contribution in [0.1, 0.15) is 42.9 Å². The number of amides is 1. The zero-order valence-electron chi connectivity index (χ0n) is 15.4. The van der Waals surface area contributed by atoms with Crippen molar-refractivity contribution in [1.82, 2.24) is 10.2 Å². The van der Waals surface area contributed by atoms with Gasteiger partial charge in [-0.2, -0.15) is 11.8 Å². The predicted molar refractivity (Wildman–Crippen MR) is 116 cm³/mol. The summed E-state index contributed by atoms with van der Waals surface area (Å²) in [5, 5.41) is 3.16. The van der Waals surface area contributed by atoms with E-state index < -0.39 is 6.04 Å². The van der Waals surface area contributed by atoms with E-state index in [2.05, 4.69) is 10.2 Å². The van der Waals surface area contributed by atoms with E-state index in [1.807, 2.05) is 43.0 Å². The van der Waals surface area contributed by atoms with E-state index in [9.17, 15) is 4.79 Å². The number of nitrogens with two attached hydrogens (primary N) is 1. The van der Waals surface area contributed by atoms with Crippen LogP contribution >= 0.6 is 36.6 Å². The van der Waals surface area contributed by atoms with Crippen LogP contribution < -0.4 is 11.1 Å². The Morgan fingerprint density at radius 3 is 2.35 bits per heavy atom. The summed E-state index contributed by atoms with van der Waals surface area (Å²) >= 11 is 2.03. The van der Waals surface area contributed by atoms with Gasteiger partial charge in [0.25, 0.3) is 0 Å². The number of hydrogen-bond acceptors (Lipinski definition) is 4. The Morgan fingerprint density at radius 1 is 1.19 bits per heavy atom. The molecule has 1 saturated heterocycles. The van der Waals surface area contributed by atoms with Crippen LogP contribution in [0.5, 0.6) is 0 Å². The van der Waals surface area contributed by atoms with Gasteiger partial charge in [0.1, 0.15) is 6.04 Å². The summed E-state index contributed by atoms with van der Waals surface area (Å²) in [4.78, 5) is 15.2. The summed E-state index contributed by atoms with van der Waals surface area (Å²) in [6.45, 7) is 5.06. The number of thioether (sulfide) groups is 1. The lowest BCUT2D eigenvalue weighted by Gasteiger charge is -2.43. The van der Waals surface area contributed by atoms with Gasteiger partial charge in [0.15, 0.2) is 0 Å². The van der Waals surface area contributed by atoms with Gasteiger partial charge in [-0.1, -0.05) is 42.7 Å². The Balaban J connectivity index is 0.00000169. The fraction of sp³-hybridized carbons (Fsp3) is 0.632. The number of rotatable bonds is 5. The molecule has 7 heteroatoms. The monoisotopic (exact) mass is 419 g/mol. The maximum Gasteiger partial charge on any atom is 0.241 e. The van der Waals surface area contributed by atoms with Gasteiger partial charge in [-0.25, -0.2) is 0 Å². The molecule has 1 aromatic carbocycles. The highest BCUT2D eigenvalue weighted by atomic mass is 35.5. The van der Waals surface area contributed by atoms with Gasteiger partial charge in [-0.15, -0.1) is 24.8 Å². The average Bonchev–Trinajstić information content (AvgIpc) is 3.11. The summed E-state index contributed by atoms with van der Waals surface area (Å²) in [5.41, 5.74) is 8.38. The molecule has 2 fully saturated rings. The van der Waals surface area contributed by atoms with Gasteiger partial charge in [0.2, 0.25) is 5.91 Å². The number of benzene rings is 1. The molecule has 1 saturated carbocycles. The van der Waals surface area contributed by atoms with Crippen LogP contribution in [-0.4, -0.2) is 47.5 Å². The number of carbonyl (C=O) groups is 1. The summed E-state index contributed by atoms with van der Waals surface area (Å²) in [5.74, 6) is 2.36. The standard InChI is InChI=1S/C19H29N3OS.2ClH/c1-15-4-6-16(7-5-15)17(20)18(23)21-14-19(8-2-3-9-19)22-10-12-24-13-11-22;;/h4-7,17H,2-3,8-14,20H2,1H3,(H,21,23);2*1H. The van der Waals surface area contributed by atoms with Crippen molar-refractivity contribution in [2.24, 2.45) is 5.73 Å². The van der Waals surface area contributed by atoms with Gasteiger partial charge in [0.05, 0.1) is 0 Å². The minimum atomic E-state index is -0.582. The van der Waals surface area contributed by atoms with E-state index in [4.69, 9.17) is 5.73 Å². The first kappa shape index (κ1) is 23.6. The van der Waals surface area contributed by atoms with Crippen molar-refractivity contribution in [3.05, 3.63) is 35.4 Å². The highest BCUT2D eigenvalue weighted by molar-refractivity contribution is 7.99. The quantitative estimate of drug-likeness (QED) is 0.768. The maximum atomic E-state index is 12.6. The van der Waals surface area contributed by atoms with Crippen molar-refractivity contribution in [3.8, 4) is 0 Å². The Bertz CT molecular complexity index is 558. The molecular formula is C19H31Cl2N3OS. The normalized spacial score (nSPS) is 20.5. The van der Waals surface area contributed by atoms with E-state index in [0.717, 1.165) is 25.2 Å². The van der Waals surface area contributed by atoms with Crippen LogP contribution in [0.3, 0.4) is 0 Å². The number of carbonyl (C=O) groups excluding carboxylic acids is 1. The SMILES string of the molecule is Cc1ccc(C(N)C(=O)NCC2(N3CCSCC3)CCCC2)cc1.Cl.Cl. The Morgan fingerprint density at radius 2 is 1.77 bits per heavy atom. The molecule has 1 unspecified atom stereocenters. The second-order valence-corrected chi connectivity index (χ2v) is 8.36. The molecule has 1 amide bonds. The first-order chi connectivity index (χ1) is 11.6. The molecule has 0 spiro atoms. The molecule has 0 radical (unpaired) electrons. The molecule has 26 heavy (non-hydrogen) atoms. The number of nitrogens with one attached hydrogen (secondary N) is 1. The molecular weight excluding hydrogens is 389 g/mol. The summed E-state index contributed by atoms with van der Waals surface area (Å²) in [7, 11) is 0. The van der Waals surface area contributed by atoms with E-state index in [-0.39, 0.29) is 36.3 Å². The lowest BCUT2D eigenvalue weighted by Crippen LogP contribution is -2.57. The molecule has 1 aromatic rings. The van der Waals surface area contributed by atoms with Crippen molar-refractivity contribution in [3.63, 3.8) is 0 Å². The highest BCUT2D eigenvalue weighted by Gasteiger charge is 2.40. The Labute approximate surface area is 173 Å². The van der Waals surface area contributed by atoms with Crippen molar-refractivity contribution in [2.45, 2.75) is 44.2 Å². The van der Waals surface area contributed by atoms with E-state index in [1.54, 1.807) is 0 Å². The molecule has 1 aliphatic heterocycles. The summed E-state index contributed by atoms with van der Waals surface area (Å²) in [6, 6.07) is 7.33. The van der Waals surface area contributed by atoms with Crippen LogP contribution in [0.2, 0.25) is 0 Å². The molecule has 1 heterocycles. The lowest BCUT2D eigenvalue weighted by molar-refractivity contribution is -0.123. The third kappa shape index (κ3) is 5.52. The van der Waals surface area contributed by atoms with Crippen LogP contribution in [-0.2, 0) is 4.79 Å². The van der Waals surface area contributed by atoms with Crippen molar-refractivity contribution in [1.29, 1.82) is 0 Å². The van der Waals surface area contributed by atoms with Gasteiger partial charge in [-0.3, -0.25) is 9.69 Å². The fourth-order valence-electron chi connectivity index (χ4n) is 3.96. The number of hydrogen-bond donors (Lipinski definition) is 2. The molecule has 0 aromatic heterocycles. The maximum absolute atomic E-state index is 12.6.